The summed E-state index contributed by atoms with van der Waals surface area (Å²) in [6, 6.07) is 1.51. The molecule has 0 heterocycles. The number of rotatable bonds is 2. The maximum absolute atomic E-state index is 12.2. The maximum atomic E-state index is 12.2. The number of nitrogens with zero attached hydrogens (tertiary/aromatic N) is 1. The summed E-state index contributed by atoms with van der Waals surface area (Å²) < 4.78 is 12.2. The minimum absolute atomic E-state index is 0.110. The summed E-state index contributed by atoms with van der Waals surface area (Å²) in [4.78, 5) is 0. The molecule has 0 aromatic carbocycles. The molecule has 0 rings (SSSR count). The molecule has 0 aromatic rings. The van der Waals surface area contributed by atoms with Crippen LogP contribution < -0.4 is 5.32 Å². The van der Waals surface area contributed by atoms with Crippen LogP contribution >= 0.6 is 0 Å². The lowest BCUT2D eigenvalue weighted by atomic mass is 10.1. The topological polar surface area (TPSA) is 35.8 Å². The number of halogens is 1. The van der Waals surface area contributed by atoms with E-state index in [1.54, 1.807) is 0 Å². The Morgan fingerprint density at radius 2 is 2.10 bits per heavy atom. The minimum atomic E-state index is -1.39. The molecule has 0 aliphatic rings. The largest absolute Gasteiger partial charge is 0.308 e. The summed E-state index contributed by atoms with van der Waals surface area (Å²) in [7, 11) is 0. The predicted octanol–water partition coefficient (Wildman–Crippen LogP) is 1.24. The number of alkyl halides is 1. The zero-order valence-electron chi connectivity index (χ0n) is 6.61. The Hall–Kier alpha value is -0.620. The highest BCUT2D eigenvalue weighted by molar-refractivity contribution is 4.86. The molecule has 58 valence electrons. The normalized spacial score (nSPS) is 14.3. The van der Waals surface area contributed by atoms with Crippen LogP contribution in [0.2, 0.25) is 0 Å². The van der Waals surface area contributed by atoms with Gasteiger partial charge in [-0.3, -0.25) is 0 Å². The average Bonchev–Trinajstić information content (AvgIpc) is 1.81. The first-order chi connectivity index (χ1) is 4.45. The Bertz CT molecular complexity index is 132. The molecule has 0 aliphatic carbocycles. The standard InChI is InChI=1S/C7H13FN2/c1-7(2,3)10-5-6(8)4-9/h6,10H,5H2,1-3H3. The van der Waals surface area contributed by atoms with Crippen LogP contribution in [0.3, 0.4) is 0 Å². The quantitative estimate of drug-likeness (QED) is 0.632. The zero-order chi connectivity index (χ0) is 8.20. The van der Waals surface area contributed by atoms with Crippen LogP contribution in [0.5, 0.6) is 0 Å². The van der Waals surface area contributed by atoms with Gasteiger partial charge in [-0.05, 0) is 20.8 Å². The first-order valence-electron chi connectivity index (χ1n) is 3.24. The summed E-state index contributed by atoms with van der Waals surface area (Å²) in [5.41, 5.74) is -0.110. The van der Waals surface area contributed by atoms with Crippen LogP contribution in [0.25, 0.3) is 0 Å². The number of hydrogen-bond acceptors (Lipinski definition) is 2. The van der Waals surface area contributed by atoms with Crippen molar-refractivity contribution in [3.8, 4) is 6.07 Å². The lowest BCUT2D eigenvalue weighted by molar-refractivity contribution is 0.335. The number of nitrogens with one attached hydrogen (secondary N) is 1. The molecular weight excluding hydrogens is 131 g/mol. The molecule has 0 saturated carbocycles. The Labute approximate surface area is 61.0 Å². The summed E-state index contributed by atoms with van der Waals surface area (Å²) in [6.07, 6.45) is -1.39. The zero-order valence-corrected chi connectivity index (χ0v) is 6.61. The van der Waals surface area contributed by atoms with E-state index in [9.17, 15) is 4.39 Å². The first-order valence-corrected chi connectivity index (χ1v) is 3.24. The first kappa shape index (κ1) is 9.38. The maximum Gasteiger partial charge on any atom is 0.198 e. The highest BCUT2D eigenvalue weighted by atomic mass is 19.1. The van der Waals surface area contributed by atoms with Crippen molar-refractivity contribution < 1.29 is 4.39 Å². The van der Waals surface area contributed by atoms with Gasteiger partial charge in [-0.2, -0.15) is 5.26 Å². The van der Waals surface area contributed by atoms with Crippen molar-refractivity contribution in [2.75, 3.05) is 6.54 Å². The molecule has 3 heteroatoms. The van der Waals surface area contributed by atoms with Crippen LogP contribution in [0.1, 0.15) is 20.8 Å². The van der Waals surface area contributed by atoms with Crippen molar-refractivity contribution in [2.24, 2.45) is 0 Å². The molecule has 10 heavy (non-hydrogen) atoms. The molecule has 0 amide bonds. The van der Waals surface area contributed by atoms with Crippen LogP contribution in [0.4, 0.5) is 4.39 Å². The second-order valence-electron chi connectivity index (χ2n) is 3.23. The lowest BCUT2D eigenvalue weighted by Gasteiger charge is -2.19. The summed E-state index contributed by atoms with van der Waals surface area (Å²) in [5.74, 6) is 0. The molecule has 0 radical (unpaired) electrons. The van der Waals surface area contributed by atoms with Crippen LogP contribution in [-0.2, 0) is 0 Å². The van der Waals surface area contributed by atoms with Crippen molar-refractivity contribution in [1.29, 1.82) is 5.26 Å². The minimum Gasteiger partial charge on any atom is -0.308 e. The molecule has 0 saturated heterocycles. The van der Waals surface area contributed by atoms with Gasteiger partial charge in [0.2, 0.25) is 0 Å². The molecule has 0 fully saturated rings. The van der Waals surface area contributed by atoms with E-state index in [2.05, 4.69) is 5.32 Å². The fourth-order valence-corrected chi connectivity index (χ4v) is 0.441. The van der Waals surface area contributed by atoms with Gasteiger partial charge < -0.3 is 5.32 Å². The van der Waals surface area contributed by atoms with Crippen molar-refractivity contribution in [3.05, 3.63) is 0 Å². The fourth-order valence-electron chi connectivity index (χ4n) is 0.441. The van der Waals surface area contributed by atoms with Crippen molar-refractivity contribution in [2.45, 2.75) is 32.5 Å². The van der Waals surface area contributed by atoms with Crippen molar-refractivity contribution in [3.63, 3.8) is 0 Å². The molecule has 1 unspecified atom stereocenters. The van der Waals surface area contributed by atoms with Gasteiger partial charge in [-0.15, -0.1) is 0 Å². The van der Waals surface area contributed by atoms with Crippen LogP contribution in [0, 0.1) is 11.3 Å². The highest BCUT2D eigenvalue weighted by Crippen LogP contribution is 1.98. The average molecular weight is 144 g/mol. The van der Waals surface area contributed by atoms with E-state index in [0.29, 0.717) is 0 Å². The third-order valence-electron chi connectivity index (χ3n) is 0.952. The number of nitriles is 1. The molecule has 0 bridgehead atoms. The number of hydrogen-bond donors (Lipinski definition) is 1. The molecule has 0 aliphatic heterocycles. The molecule has 0 aromatic heterocycles. The molecular formula is C7H13FN2. The predicted molar refractivity (Wildman–Crippen MR) is 38.3 cm³/mol. The van der Waals surface area contributed by atoms with Crippen LogP contribution in [0.15, 0.2) is 0 Å². The van der Waals surface area contributed by atoms with Gasteiger partial charge in [0.15, 0.2) is 6.17 Å². The third-order valence-corrected chi connectivity index (χ3v) is 0.952. The van der Waals surface area contributed by atoms with E-state index in [1.165, 1.54) is 6.07 Å². The fraction of sp³-hybridized carbons (Fsp3) is 0.857. The van der Waals surface area contributed by atoms with Gasteiger partial charge in [0.05, 0.1) is 0 Å². The summed E-state index contributed by atoms with van der Waals surface area (Å²) in [5, 5.41) is 10.9. The van der Waals surface area contributed by atoms with E-state index in [4.69, 9.17) is 5.26 Å². The van der Waals surface area contributed by atoms with Gasteiger partial charge in [0, 0.05) is 12.1 Å². The Morgan fingerprint density at radius 1 is 1.60 bits per heavy atom. The molecule has 2 nitrogen and oxygen atoms in total. The molecule has 0 spiro atoms. The van der Waals surface area contributed by atoms with E-state index in [0.717, 1.165) is 0 Å². The molecule has 1 atom stereocenters. The van der Waals surface area contributed by atoms with E-state index in [-0.39, 0.29) is 12.1 Å². The molecule has 1 N–H and O–H groups in total. The second-order valence-corrected chi connectivity index (χ2v) is 3.23. The van der Waals surface area contributed by atoms with Gasteiger partial charge in [0.25, 0.3) is 0 Å². The van der Waals surface area contributed by atoms with Crippen molar-refractivity contribution in [1.82, 2.24) is 5.32 Å². The van der Waals surface area contributed by atoms with Gasteiger partial charge in [-0.25, -0.2) is 4.39 Å². The SMILES string of the molecule is CC(C)(C)NCC(F)C#N. The second kappa shape index (κ2) is 3.52. The van der Waals surface area contributed by atoms with Gasteiger partial charge in [0.1, 0.15) is 6.07 Å². The van der Waals surface area contributed by atoms with E-state index < -0.39 is 6.17 Å². The monoisotopic (exact) mass is 144 g/mol. The van der Waals surface area contributed by atoms with Crippen LogP contribution in [-0.4, -0.2) is 18.3 Å². The van der Waals surface area contributed by atoms with Gasteiger partial charge in [-0.1, -0.05) is 0 Å². The highest BCUT2D eigenvalue weighted by Gasteiger charge is 2.11. The Kier molecular flexibility index (Phi) is 3.31. The van der Waals surface area contributed by atoms with Crippen molar-refractivity contribution >= 4 is 0 Å². The Balaban J connectivity index is 3.48. The van der Waals surface area contributed by atoms with E-state index >= 15 is 0 Å². The summed E-state index contributed by atoms with van der Waals surface area (Å²) >= 11 is 0. The van der Waals surface area contributed by atoms with Gasteiger partial charge >= 0.3 is 0 Å². The smallest absolute Gasteiger partial charge is 0.198 e. The summed E-state index contributed by atoms with van der Waals surface area (Å²) in [6.45, 7) is 5.89. The van der Waals surface area contributed by atoms with E-state index in [1.807, 2.05) is 20.8 Å². The third kappa shape index (κ3) is 5.52. The lowest BCUT2D eigenvalue weighted by Crippen LogP contribution is -2.39. The Morgan fingerprint density at radius 3 is 2.40 bits per heavy atom.